The Labute approximate surface area is 81.0 Å². The maximum atomic E-state index is 12.9. The van der Waals surface area contributed by atoms with E-state index in [2.05, 4.69) is 11.6 Å². The quantitative estimate of drug-likeness (QED) is 0.554. The summed E-state index contributed by atoms with van der Waals surface area (Å²) in [6.07, 6.45) is 1.42. The Bertz CT molecular complexity index is 327. The topological polar surface area (TPSA) is 22.1 Å². The second kappa shape index (κ2) is 4.23. The van der Waals surface area contributed by atoms with Crippen LogP contribution in [0.2, 0.25) is 5.15 Å². The Morgan fingerprint density at radius 2 is 2.46 bits per heavy atom. The Balaban J connectivity index is 2.90. The molecule has 0 aliphatic carbocycles. The number of nitrogens with zero attached hydrogens (tertiary/aromatic N) is 1. The Kier molecular flexibility index (Phi) is 3.25. The molecule has 0 radical (unpaired) electrons. The van der Waals surface area contributed by atoms with Gasteiger partial charge >= 0.3 is 0 Å². The second-order valence-electron chi connectivity index (χ2n) is 2.35. The summed E-state index contributed by atoms with van der Waals surface area (Å²) < 4.78 is 18.0. The summed E-state index contributed by atoms with van der Waals surface area (Å²) in [4.78, 5) is 3.63. The first-order valence-electron chi connectivity index (χ1n) is 3.78. The largest absolute Gasteiger partial charge is 0.494 e. The van der Waals surface area contributed by atoms with E-state index >= 15 is 0 Å². The highest BCUT2D eigenvalue weighted by Gasteiger charge is 2.05. The fourth-order valence-electron chi connectivity index (χ4n) is 0.831. The van der Waals surface area contributed by atoms with Gasteiger partial charge in [0.1, 0.15) is 5.76 Å². The van der Waals surface area contributed by atoms with E-state index in [9.17, 15) is 4.39 Å². The van der Waals surface area contributed by atoms with Crippen LogP contribution in [0.4, 0.5) is 4.39 Å². The zero-order valence-corrected chi connectivity index (χ0v) is 7.94. The van der Waals surface area contributed by atoms with Crippen LogP contribution in [0.5, 0.6) is 0 Å². The molecule has 0 N–H and O–H groups in total. The summed E-state index contributed by atoms with van der Waals surface area (Å²) in [6, 6.07) is 1.24. The summed E-state index contributed by atoms with van der Waals surface area (Å²) in [7, 11) is 0. The third kappa shape index (κ3) is 2.42. The van der Waals surface area contributed by atoms with Crippen LogP contribution in [-0.4, -0.2) is 11.6 Å². The summed E-state index contributed by atoms with van der Waals surface area (Å²) in [6.45, 7) is 5.93. The highest BCUT2D eigenvalue weighted by molar-refractivity contribution is 6.29. The second-order valence-corrected chi connectivity index (χ2v) is 2.71. The van der Waals surface area contributed by atoms with Gasteiger partial charge in [-0.2, -0.15) is 0 Å². The van der Waals surface area contributed by atoms with Gasteiger partial charge in [-0.05, 0) is 13.0 Å². The molecule has 0 saturated heterocycles. The van der Waals surface area contributed by atoms with Crippen molar-refractivity contribution in [2.75, 3.05) is 6.61 Å². The Morgan fingerprint density at radius 1 is 1.77 bits per heavy atom. The third-order valence-corrected chi connectivity index (χ3v) is 1.71. The van der Waals surface area contributed by atoms with Gasteiger partial charge in [-0.15, -0.1) is 0 Å². The van der Waals surface area contributed by atoms with Gasteiger partial charge in [-0.3, -0.25) is 0 Å². The Hall–Kier alpha value is -1.09. The minimum absolute atomic E-state index is 0.145. The average Bonchev–Trinajstić information content (AvgIpc) is 2.10. The lowest BCUT2D eigenvalue weighted by molar-refractivity contribution is 0.299. The van der Waals surface area contributed by atoms with Crippen molar-refractivity contribution in [1.82, 2.24) is 4.98 Å². The van der Waals surface area contributed by atoms with Crippen molar-refractivity contribution in [3.05, 3.63) is 35.4 Å². The predicted octanol–water partition coefficient (Wildman–Crippen LogP) is 2.88. The van der Waals surface area contributed by atoms with Gasteiger partial charge in [0, 0.05) is 11.8 Å². The van der Waals surface area contributed by atoms with E-state index in [0.29, 0.717) is 17.9 Å². The summed E-state index contributed by atoms with van der Waals surface area (Å²) in [5.74, 6) is -0.175. The van der Waals surface area contributed by atoms with E-state index < -0.39 is 5.82 Å². The summed E-state index contributed by atoms with van der Waals surface area (Å²) in [5.41, 5.74) is 0.503. The van der Waals surface area contributed by atoms with Gasteiger partial charge in [0.15, 0.2) is 11.0 Å². The lowest BCUT2D eigenvalue weighted by Crippen LogP contribution is -1.93. The van der Waals surface area contributed by atoms with Gasteiger partial charge in [0.25, 0.3) is 0 Å². The third-order valence-electron chi connectivity index (χ3n) is 1.44. The van der Waals surface area contributed by atoms with Gasteiger partial charge in [0.05, 0.1) is 6.61 Å². The molecular formula is C9H9ClFNO. The lowest BCUT2D eigenvalue weighted by atomic mass is 10.2. The highest BCUT2D eigenvalue weighted by atomic mass is 35.5. The fraction of sp³-hybridized carbons (Fsp3) is 0.222. The standard InChI is InChI=1S/C9H9ClFNO/c1-3-13-6(2)7-4-8(11)9(10)12-5-7/h4-5H,2-3H2,1H3. The highest BCUT2D eigenvalue weighted by Crippen LogP contribution is 2.17. The van der Waals surface area contributed by atoms with Gasteiger partial charge in [0.2, 0.25) is 0 Å². The normalized spacial score (nSPS) is 9.77. The van der Waals surface area contributed by atoms with Crippen molar-refractivity contribution in [3.8, 4) is 0 Å². The van der Waals surface area contributed by atoms with Crippen LogP contribution in [0.3, 0.4) is 0 Å². The van der Waals surface area contributed by atoms with Crippen LogP contribution in [0, 0.1) is 5.82 Å². The van der Waals surface area contributed by atoms with Crippen LogP contribution in [0.1, 0.15) is 12.5 Å². The molecular weight excluding hydrogens is 193 g/mol. The molecule has 1 rings (SSSR count). The van der Waals surface area contributed by atoms with Gasteiger partial charge in [-0.25, -0.2) is 9.37 Å². The number of hydrogen-bond acceptors (Lipinski definition) is 2. The van der Waals surface area contributed by atoms with Crippen molar-refractivity contribution in [2.45, 2.75) is 6.92 Å². The van der Waals surface area contributed by atoms with E-state index in [0.717, 1.165) is 0 Å². The molecule has 0 fully saturated rings. The van der Waals surface area contributed by atoms with Crippen molar-refractivity contribution >= 4 is 17.4 Å². The first-order valence-corrected chi connectivity index (χ1v) is 4.16. The fourth-order valence-corrected chi connectivity index (χ4v) is 0.935. The van der Waals surface area contributed by atoms with Crippen molar-refractivity contribution in [1.29, 1.82) is 0 Å². The molecule has 0 aliphatic rings. The minimum Gasteiger partial charge on any atom is -0.494 e. The van der Waals surface area contributed by atoms with Crippen molar-refractivity contribution < 1.29 is 9.13 Å². The zero-order chi connectivity index (χ0) is 9.84. The monoisotopic (exact) mass is 201 g/mol. The smallest absolute Gasteiger partial charge is 0.164 e. The maximum absolute atomic E-state index is 12.9. The summed E-state index contributed by atoms with van der Waals surface area (Å²) >= 11 is 5.41. The van der Waals surface area contributed by atoms with Crippen molar-refractivity contribution in [3.63, 3.8) is 0 Å². The minimum atomic E-state index is -0.569. The molecule has 0 unspecified atom stereocenters. The molecule has 1 aromatic rings. The molecule has 0 saturated carbocycles. The zero-order valence-electron chi connectivity index (χ0n) is 7.18. The molecule has 2 nitrogen and oxygen atoms in total. The predicted molar refractivity (Wildman–Crippen MR) is 49.9 cm³/mol. The molecule has 70 valence electrons. The molecule has 0 aromatic carbocycles. The first-order chi connectivity index (χ1) is 6.15. The van der Waals surface area contributed by atoms with Crippen LogP contribution < -0.4 is 0 Å². The molecule has 13 heavy (non-hydrogen) atoms. The van der Waals surface area contributed by atoms with Crippen LogP contribution in [0.15, 0.2) is 18.8 Å². The molecule has 1 aromatic heterocycles. The molecule has 0 aliphatic heterocycles. The SMILES string of the molecule is C=C(OCC)c1cnc(Cl)c(F)c1. The lowest BCUT2D eigenvalue weighted by Gasteiger charge is -2.06. The molecule has 0 spiro atoms. The van der Waals surface area contributed by atoms with E-state index in [1.54, 1.807) is 0 Å². The molecule has 0 amide bonds. The summed E-state index contributed by atoms with van der Waals surface area (Å²) in [5, 5.41) is -0.145. The number of pyridine rings is 1. The molecule has 4 heteroatoms. The van der Waals surface area contributed by atoms with Crippen molar-refractivity contribution in [2.24, 2.45) is 0 Å². The average molecular weight is 202 g/mol. The van der Waals surface area contributed by atoms with Gasteiger partial charge in [-0.1, -0.05) is 18.2 Å². The van der Waals surface area contributed by atoms with E-state index in [1.807, 2.05) is 6.92 Å². The number of ether oxygens (including phenoxy) is 1. The maximum Gasteiger partial charge on any atom is 0.164 e. The first kappa shape index (κ1) is 9.99. The Morgan fingerprint density at radius 3 is 3.00 bits per heavy atom. The molecule has 0 bridgehead atoms. The van der Waals surface area contributed by atoms with Crippen LogP contribution >= 0.6 is 11.6 Å². The molecule has 0 atom stereocenters. The number of rotatable bonds is 3. The molecule has 1 heterocycles. The number of aromatic nitrogens is 1. The van der Waals surface area contributed by atoms with E-state index in [-0.39, 0.29) is 5.15 Å². The van der Waals surface area contributed by atoms with E-state index in [4.69, 9.17) is 16.3 Å². The van der Waals surface area contributed by atoms with Gasteiger partial charge < -0.3 is 4.74 Å². The number of hydrogen-bond donors (Lipinski definition) is 0. The van der Waals surface area contributed by atoms with E-state index in [1.165, 1.54) is 12.3 Å². The van der Waals surface area contributed by atoms with Crippen LogP contribution in [0.25, 0.3) is 5.76 Å². The van der Waals surface area contributed by atoms with Crippen LogP contribution in [-0.2, 0) is 4.74 Å². The number of halogens is 2.